The maximum Gasteiger partial charge on any atom is 0.257 e. The highest BCUT2D eigenvalue weighted by Gasteiger charge is 2.17. The van der Waals surface area contributed by atoms with E-state index >= 15 is 0 Å². The van der Waals surface area contributed by atoms with Crippen LogP contribution in [0, 0.1) is 0 Å². The molecule has 9 nitrogen and oxygen atoms in total. The lowest BCUT2D eigenvalue weighted by atomic mass is 10.2. The fourth-order valence-electron chi connectivity index (χ4n) is 3.87. The third-order valence-corrected chi connectivity index (χ3v) is 5.90. The number of anilines is 2. The molecule has 0 aromatic carbocycles. The summed E-state index contributed by atoms with van der Waals surface area (Å²) < 4.78 is 1.87. The van der Waals surface area contributed by atoms with E-state index in [2.05, 4.69) is 37.2 Å². The maximum atomic E-state index is 12.9. The summed E-state index contributed by atoms with van der Waals surface area (Å²) in [6.45, 7) is 6.60. The molecule has 0 bridgehead atoms. The first kappa shape index (κ1) is 21.0. The summed E-state index contributed by atoms with van der Waals surface area (Å²) in [5.74, 6) is 1.06. The van der Waals surface area contributed by atoms with Crippen LogP contribution in [0.4, 0.5) is 11.6 Å². The Morgan fingerprint density at radius 1 is 1.06 bits per heavy atom. The van der Waals surface area contributed by atoms with Gasteiger partial charge in [-0.1, -0.05) is 0 Å². The van der Waals surface area contributed by atoms with E-state index in [9.17, 15) is 4.79 Å². The first-order chi connectivity index (χ1) is 16.1. The summed E-state index contributed by atoms with van der Waals surface area (Å²) >= 11 is 0. The molecule has 0 radical (unpaired) electrons. The first-order valence-electron chi connectivity index (χ1n) is 11.1. The number of rotatable bonds is 5. The molecule has 1 N–H and O–H groups in total. The van der Waals surface area contributed by atoms with Gasteiger partial charge in [0, 0.05) is 73.9 Å². The maximum absolute atomic E-state index is 12.9. The highest BCUT2D eigenvalue weighted by Crippen LogP contribution is 2.22. The van der Waals surface area contributed by atoms with Crippen molar-refractivity contribution < 1.29 is 4.79 Å². The third kappa shape index (κ3) is 4.54. The second-order valence-electron chi connectivity index (χ2n) is 8.19. The van der Waals surface area contributed by atoms with Crippen molar-refractivity contribution in [1.82, 2.24) is 29.6 Å². The van der Waals surface area contributed by atoms with Crippen LogP contribution < -0.4 is 10.2 Å². The number of carbonyl (C=O) groups is 1. The van der Waals surface area contributed by atoms with E-state index in [4.69, 9.17) is 4.98 Å². The van der Waals surface area contributed by atoms with E-state index in [-0.39, 0.29) is 5.91 Å². The molecule has 5 heterocycles. The van der Waals surface area contributed by atoms with Crippen molar-refractivity contribution in [2.45, 2.75) is 13.5 Å². The molecule has 4 aromatic heterocycles. The van der Waals surface area contributed by atoms with Gasteiger partial charge in [0.2, 0.25) is 0 Å². The summed E-state index contributed by atoms with van der Waals surface area (Å²) in [5.41, 5.74) is 3.09. The molecule has 0 saturated carbocycles. The minimum Gasteiger partial charge on any atom is -0.354 e. The Kier molecular flexibility index (Phi) is 5.70. The van der Waals surface area contributed by atoms with Gasteiger partial charge in [-0.25, -0.2) is 15.0 Å². The smallest absolute Gasteiger partial charge is 0.257 e. The molecule has 1 aliphatic rings. The van der Waals surface area contributed by atoms with E-state index in [0.717, 1.165) is 60.7 Å². The second-order valence-corrected chi connectivity index (χ2v) is 8.19. The second kappa shape index (κ2) is 8.95. The lowest BCUT2D eigenvalue weighted by Gasteiger charge is -2.33. The molecule has 1 amide bonds. The molecule has 0 atom stereocenters. The fourth-order valence-corrected chi connectivity index (χ4v) is 3.87. The summed E-state index contributed by atoms with van der Waals surface area (Å²) in [6.07, 6.45) is 7.18. The van der Waals surface area contributed by atoms with E-state index < -0.39 is 0 Å². The molecule has 1 fully saturated rings. The zero-order valence-corrected chi connectivity index (χ0v) is 18.8. The summed E-state index contributed by atoms with van der Waals surface area (Å²) in [7, 11) is 2.11. The van der Waals surface area contributed by atoms with E-state index in [1.807, 2.05) is 42.2 Å². The summed E-state index contributed by atoms with van der Waals surface area (Å²) in [6, 6.07) is 9.28. The number of amides is 1. The predicted octanol–water partition coefficient (Wildman–Crippen LogP) is 2.91. The standard InChI is InChI=1S/C24H26N8O/c1-3-32-16-19(15-27-32)20-5-4-18-14-26-22(13-21(18)28-20)29-24(33)17-6-7-25-23(12-17)31-10-8-30(2)9-11-31/h4-7,12-16H,3,8-11H2,1-2H3,(H,26,29,33). The minimum atomic E-state index is -0.222. The lowest BCUT2D eigenvalue weighted by Crippen LogP contribution is -2.44. The molecule has 4 aromatic rings. The van der Waals surface area contributed by atoms with Gasteiger partial charge in [-0.2, -0.15) is 5.10 Å². The number of aromatic nitrogens is 5. The first-order valence-corrected chi connectivity index (χ1v) is 11.1. The predicted molar refractivity (Wildman–Crippen MR) is 128 cm³/mol. The molecule has 1 saturated heterocycles. The van der Waals surface area contributed by atoms with Gasteiger partial charge in [0.05, 0.1) is 17.4 Å². The van der Waals surface area contributed by atoms with Crippen LogP contribution >= 0.6 is 0 Å². The Morgan fingerprint density at radius 2 is 1.91 bits per heavy atom. The number of pyridine rings is 3. The molecular weight excluding hydrogens is 416 g/mol. The van der Waals surface area contributed by atoms with Gasteiger partial charge in [-0.15, -0.1) is 0 Å². The number of hydrogen-bond donors (Lipinski definition) is 1. The Morgan fingerprint density at radius 3 is 2.70 bits per heavy atom. The average Bonchev–Trinajstić information content (AvgIpc) is 3.34. The Bertz CT molecular complexity index is 1290. The Balaban J connectivity index is 1.35. The number of hydrogen-bond acceptors (Lipinski definition) is 7. The van der Waals surface area contributed by atoms with Crippen LogP contribution in [0.1, 0.15) is 17.3 Å². The molecule has 5 rings (SSSR count). The molecule has 33 heavy (non-hydrogen) atoms. The van der Waals surface area contributed by atoms with Crippen LogP contribution in [0.3, 0.4) is 0 Å². The van der Waals surface area contributed by atoms with Gasteiger partial charge >= 0.3 is 0 Å². The van der Waals surface area contributed by atoms with E-state index in [1.165, 1.54) is 0 Å². The fraction of sp³-hybridized carbons (Fsp3) is 0.292. The molecule has 0 aliphatic carbocycles. The largest absolute Gasteiger partial charge is 0.354 e. The number of likely N-dealkylation sites (N-methyl/N-ethyl adjacent to an activating group) is 1. The average molecular weight is 443 g/mol. The molecule has 9 heteroatoms. The number of aryl methyl sites for hydroxylation is 1. The molecule has 168 valence electrons. The van der Waals surface area contributed by atoms with Crippen molar-refractivity contribution in [3.8, 4) is 11.3 Å². The molecule has 1 aliphatic heterocycles. The van der Waals surface area contributed by atoms with Gasteiger partial charge < -0.3 is 15.1 Å². The summed E-state index contributed by atoms with van der Waals surface area (Å²) in [5, 5.41) is 8.13. The molecular formula is C24H26N8O. The van der Waals surface area contributed by atoms with Crippen molar-refractivity contribution in [3.05, 3.63) is 60.7 Å². The van der Waals surface area contributed by atoms with Crippen molar-refractivity contribution in [3.63, 3.8) is 0 Å². The summed E-state index contributed by atoms with van der Waals surface area (Å²) in [4.78, 5) is 31.0. The number of piperazine rings is 1. The highest BCUT2D eigenvalue weighted by molar-refractivity contribution is 6.04. The minimum absolute atomic E-state index is 0.222. The van der Waals surface area contributed by atoms with Crippen LogP contribution in [0.25, 0.3) is 22.2 Å². The van der Waals surface area contributed by atoms with Gasteiger partial charge in [-0.3, -0.25) is 9.48 Å². The monoisotopic (exact) mass is 442 g/mol. The SMILES string of the molecule is CCn1cc(-c2ccc3cnc(NC(=O)c4ccnc(N5CCN(C)CC5)c4)cc3n2)cn1. The molecule has 0 unspecified atom stereocenters. The van der Waals surface area contributed by atoms with Gasteiger partial charge in [0.25, 0.3) is 5.91 Å². The lowest BCUT2D eigenvalue weighted by molar-refractivity contribution is 0.102. The number of nitrogens with zero attached hydrogens (tertiary/aromatic N) is 7. The normalized spacial score (nSPS) is 14.5. The van der Waals surface area contributed by atoms with Crippen LogP contribution in [0.15, 0.2) is 55.1 Å². The quantitative estimate of drug-likeness (QED) is 0.508. The van der Waals surface area contributed by atoms with Gasteiger partial charge in [0.1, 0.15) is 11.6 Å². The molecule has 0 spiro atoms. The van der Waals surface area contributed by atoms with E-state index in [1.54, 1.807) is 24.5 Å². The Labute approximate surface area is 192 Å². The van der Waals surface area contributed by atoms with Crippen LogP contribution in [0.5, 0.6) is 0 Å². The zero-order chi connectivity index (χ0) is 22.8. The van der Waals surface area contributed by atoms with E-state index in [0.29, 0.717) is 11.4 Å². The van der Waals surface area contributed by atoms with Crippen LogP contribution in [0.2, 0.25) is 0 Å². The van der Waals surface area contributed by atoms with Gasteiger partial charge in [-0.05, 0) is 38.2 Å². The zero-order valence-electron chi connectivity index (χ0n) is 18.8. The topological polar surface area (TPSA) is 92.1 Å². The van der Waals surface area contributed by atoms with Gasteiger partial charge in [0.15, 0.2) is 0 Å². The van der Waals surface area contributed by atoms with Crippen LogP contribution in [-0.2, 0) is 6.54 Å². The van der Waals surface area contributed by atoms with Crippen molar-refractivity contribution >= 4 is 28.4 Å². The van der Waals surface area contributed by atoms with Crippen molar-refractivity contribution in [2.75, 3.05) is 43.4 Å². The van der Waals surface area contributed by atoms with Crippen molar-refractivity contribution in [2.24, 2.45) is 0 Å². The van der Waals surface area contributed by atoms with Crippen molar-refractivity contribution in [1.29, 1.82) is 0 Å². The number of fused-ring (bicyclic) bond motifs is 1. The highest BCUT2D eigenvalue weighted by atomic mass is 16.1. The number of nitrogens with one attached hydrogen (secondary N) is 1. The number of carbonyl (C=O) groups excluding carboxylic acids is 1. The van der Waals surface area contributed by atoms with Crippen LogP contribution in [-0.4, -0.2) is 68.8 Å². The third-order valence-electron chi connectivity index (χ3n) is 5.90. The Hall–Kier alpha value is -3.85.